The predicted molar refractivity (Wildman–Crippen MR) is 80.2 cm³/mol. The average molecular weight is 285 g/mol. The number of hydrogen-bond acceptors (Lipinski definition) is 2. The van der Waals surface area contributed by atoms with Gasteiger partial charge in [-0.25, -0.2) is 0 Å². The smallest absolute Gasteiger partial charge is 0.189 e. The van der Waals surface area contributed by atoms with Crippen LogP contribution in [0.2, 0.25) is 5.02 Å². The van der Waals surface area contributed by atoms with Crippen molar-refractivity contribution in [2.75, 3.05) is 0 Å². The van der Waals surface area contributed by atoms with Gasteiger partial charge in [-0.05, 0) is 42.2 Å². The topological polar surface area (TPSA) is 37.3 Å². The van der Waals surface area contributed by atoms with Crippen molar-refractivity contribution in [3.05, 3.63) is 69.8 Å². The van der Waals surface area contributed by atoms with Gasteiger partial charge in [-0.3, -0.25) is 4.79 Å². The fourth-order valence-electron chi connectivity index (χ4n) is 2.47. The molecule has 0 amide bonds. The number of fused-ring (bicyclic) bond motifs is 1. The van der Waals surface area contributed by atoms with Crippen LogP contribution in [0.15, 0.2) is 48.0 Å². The van der Waals surface area contributed by atoms with E-state index in [4.69, 9.17) is 11.6 Å². The number of aryl methyl sites for hydroxylation is 1. The Labute approximate surface area is 122 Å². The molecule has 0 saturated heterocycles. The molecule has 0 aliphatic heterocycles. The van der Waals surface area contributed by atoms with Gasteiger partial charge < -0.3 is 5.11 Å². The van der Waals surface area contributed by atoms with Crippen molar-refractivity contribution in [2.45, 2.75) is 12.8 Å². The van der Waals surface area contributed by atoms with Crippen LogP contribution in [0.3, 0.4) is 0 Å². The van der Waals surface area contributed by atoms with Gasteiger partial charge in [0.15, 0.2) is 5.78 Å². The summed E-state index contributed by atoms with van der Waals surface area (Å²) in [5.74, 6) is 0.130. The third kappa shape index (κ3) is 2.35. The van der Waals surface area contributed by atoms with Crippen molar-refractivity contribution in [2.24, 2.45) is 0 Å². The summed E-state index contributed by atoms with van der Waals surface area (Å²) in [6.07, 6.45) is 3.46. The SMILES string of the molecule is O=C1/C(=C/c2ccc(O)c(Cl)c2)CCc2ccccc21. The summed E-state index contributed by atoms with van der Waals surface area (Å²) in [4.78, 5) is 12.4. The second kappa shape index (κ2) is 5.14. The lowest BCUT2D eigenvalue weighted by molar-refractivity contribution is 0.102. The summed E-state index contributed by atoms with van der Waals surface area (Å²) < 4.78 is 0. The summed E-state index contributed by atoms with van der Waals surface area (Å²) in [5.41, 5.74) is 3.51. The molecule has 2 nitrogen and oxygen atoms in total. The van der Waals surface area contributed by atoms with Gasteiger partial charge in [0.1, 0.15) is 5.75 Å². The highest BCUT2D eigenvalue weighted by molar-refractivity contribution is 6.32. The van der Waals surface area contributed by atoms with Crippen LogP contribution in [-0.2, 0) is 6.42 Å². The Bertz CT molecular complexity index is 717. The van der Waals surface area contributed by atoms with E-state index in [1.807, 2.05) is 30.3 Å². The largest absolute Gasteiger partial charge is 0.506 e. The van der Waals surface area contributed by atoms with Crippen LogP contribution < -0.4 is 0 Å². The molecule has 1 aliphatic rings. The normalized spacial score (nSPS) is 16.2. The number of allylic oxidation sites excluding steroid dienone is 1. The molecule has 0 radical (unpaired) electrons. The first kappa shape index (κ1) is 12.9. The molecule has 2 aromatic rings. The Morgan fingerprint density at radius 1 is 1.10 bits per heavy atom. The Balaban J connectivity index is 1.97. The van der Waals surface area contributed by atoms with Crippen molar-refractivity contribution < 1.29 is 9.90 Å². The number of halogens is 1. The molecule has 1 aliphatic carbocycles. The molecule has 0 bridgehead atoms. The van der Waals surface area contributed by atoms with Crippen LogP contribution >= 0.6 is 11.6 Å². The highest BCUT2D eigenvalue weighted by Crippen LogP contribution is 2.29. The lowest BCUT2D eigenvalue weighted by atomic mass is 9.86. The molecule has 0 heterocycles. The maximum absolute atomic E-state index is 12.4. The Morgan fingerprint density at radius 2 is 1.90 bits per heavy atom. The van der Waals surface area contributed by atoms with Gasteiger partial charge in [0, 0.05) is 11.1 Å². The quantitative estimate of drug-likeness (QED) is 0.795. The Hall–Kier alpha value is -2.06. The number of phenols is 1. The van der Waals surface area contributed by atoms with Crippen LogP contribution in [-0.4, -0.2) is 10.9 Å². The van der Waals surface area contributed by atoms with E-state index in [1.165, 1.54) is 6.07 Å². The first-order valence-electron chi connectivity index (χ1n) is 6.47. The molecule has 3 rings (SSSR count). The monoisotopic (exact) mass is 284 g/mol. The Morgan fingerprint density at radius 3 is 2.70 bits per heavy atom. The summed E-state index contributed by atoms with van der Waals surface area (Å²) in [6, 6.07) is 12.7. The van der Waals surface area contributed by atoms with Crippen LogP contribution in [0, 0.1) is 0 Å². The fraction of sp³-hybridized carbons (Fsp3) is 0.118. The molecule has 3 heteroatoms. The van der Waals surface area contributed by atoms with E-state index in [2.05, 4.69) is 0 Å². The number of Topliss-reactive ketones (excluding diaryl/α,β-unsaturated/α-hetero) is 1. The average Bonchev–Trinajstić information content (AvgIpc) is 2.46. The molecule has 1 N–H and O–H groups in total. The van der Waals surface area contributed by atoms with Gasteiger partial charge in [-0.15, -0.1) is 0 Å². The summed E-state index contributed by atoms with van der Waals surface area (Å²) in [7, 11) is 0. The zero-order valence-corrected chi connectivity index (χ0v) is 11.5. The highest BCUT2D eigenvalue weighted by atomic mass is 35.5. The third-order valence-corrected chi connectivity index (χ3v) is 3.83. The van der Waals surface area contributed by atoms with Crippen LogP contribution in [0.1, 0.15) is 27.9 Å². The van der Waals surface area contributed by atoms with E-state index >= 15 is 0 Å². The Kier molecular flexibility index (Phi) is 3.33. The molecule has 0 atom stereocenters. The van der Waals surface area contributed by atoms with Crippen LogP contribution in [0.25, 0.3) is 6.08 Å². The third-order valence-electron chi connectivity index (χ3n) is 3.53. The van der Waals surface area contributed by atoms with Gasteiger partial charge in [-0.2, -0.15) is 0 Å². The lowest BCUT2D eigenvalue weighted by Crippen LogP contribution is -2.13. The molecule has 2 aromatic carbocycles. The molecule has 0 unspecified atom stereocenters. The summed E-state index contributed by atoms with van der Waals surface area (Å²) in [6.45, 7) is 0. The fourth-order valence-corrected chi connectivity index (χ4v) is 2.66. The van der Waals surface area contributed by atoms with Crippen molar-refractivity contribution in [1.29, 1.82) is 0 Å². The van der Waals surface area contributed by atoms with E-state index in [-0.39, 0.29) is 11.5 Å². The van der Waals surface area contributed by atoms with Crippen molar-refractivity contribution in [3.8, 4) is 5.75 Å². The second-order valence-corrected chi connectivity index (χ2v) is 5.27. The van der Waals surface area contributed by atoms with Gasteiger partial charge >= 0.3 is 0 Å². The second-order valence-electron chi connectivity index (χ2n) is 4.87. The number of carbonyl (C=O) groups is 1. The van der Waals surface area contributed by atoms with E-state index in [0.29, 0.717) is 5.02 Å². The molecule has 0 fully saturated rings. The standard InChI is InChI=1S/C17H13ClO2/c18-15-10-11(5-8-16(15)19)9-13-7-6-12-3-1-2-4-14(12)17(13)20/h1-5,8-10,19H,6-7H2/b13-9+. The number of hydrogen-bond donors (Lipinski definition) is 1. The molecule has 0 aromatic heterocycles. The molecular weight excluding hydrogens is 272 g/mol. The number of benzene rings is 2. The van der Waals surface area contributed by atoms with Crippen molar-refractivity contribution >= 4 is 23.5 Å². The maximum Gasteiger partial charge on any atom is 0.189 e. The van der Waals surface area contributed by atoms with E-state index in [0.717, 1.165) is 35.1 Å². The van der Waals surface area contributed by atoms with Gasteiger partial charge in [0.25, 0.3) is 0 Å². The van der Waals surface area contributed by atoms with Gasteiger partial charge in [0.05, 0.1) is 5.02 Å². The maximum atomic E-state index is 12.4. The van der Waals surface area contributed by atoms with E-state index in [1.54, 1.807) is 12.1 Å². The minimum atomic E-state index is 0.0501. The number of ketones is 1. The van der Waals surface area contributed by atoms with Crippen LogP contribution in [0.4, 0.5) is 0 Å². The van der Waals surface area contributed by atoms with Crippen LogP contribution in [0.5, 0.6) is 5.75 Å². The molecule has 0 saturated carbocycles. The molecule has 20 heavy (non-hydrogen) atoms. The van der Waals surface area contributed by atoms with E-state index in [9.17, 15) is 9.90 Å². The first-order chi connectivity index (χ1) is 9.65. The molecule has 0 spiro atoms. The summed E-state index contributed by atoms with van der Waals surface area (Å²) in [5, 5.41) is 9.71. The molecule has 100 valence electrons. The zero-order chi connectivity index (χ0) is 14.1. The number of carbonyl (C=O) groups excluding carboxylic acids is 1. The van der Waals surface area contributed by atoms with Gasteiger partial charge in [-0.1, -0.05) is 41.9 Å². The zero-order valence-electron chi connectivity index (χ0n) is 10.8. The molecular formula is C17H13ClO2. The number of phenolic OH excluding ortho intramolecular Hbond substituents is 1. The predicted octanol–water partition coefficient (Wildman–Crippen LogP) is 4.26. The minimum Gasteiger partial charge on any atom is -0.506 e. The van der Waals surface area contributed by atoms with Crippen molar-refractivity contribution in [3.63, 3.8) is 0 Å². The van der Waals surface area contributed by atoms with Crippen molar-refractivity contribution in [1.82, 2.24) is 0 Å². The minimum absolute atomic E-state index is 0.0501. The summed E-state index contributed by atoms with van der Waals surface area (Å²) >= 11 is 5.88. The lowest BCUT2D eigenvalue weighted by Gasteiger charge is -2.17. The number of rotatable bonds is 1. The first-order valence-corrected chi connectivity index (χ1v) is 6.84. The number of aromatic hydroxyl groups is 1. The van der Waals surface area contributed by atoms with Gasteiger partial charge in [0.2, 0.25) is 0 Å². The highest BCUT2D eigenvalue weighted by Gasteiger charge is 2.21. The van der Waals surface area contributed by atoms with E-state index < -0.39 is 0 Å².